The molecule has 7 nitrogen and oxygen atoms in total. The molecule has 8 heteroatoms. The molecule has 2 rings (SSSR count). The minimum Gasteiger partial charge on any atom is -0.502 e. The van der Waals surface area contributed by atoms with Gasteiger partial charge in [0.05, 0.1) is 4.92 Å². The fraction of sp³-hybridized carbons (Fsp3) is 0.300. The van der Waals surface area contributed by atoms with Gasteiger partial charge in [-0.1, -0.05) is 0 Å². The molecule has 0 bridgehead atoms. The van der Waals surface area contributed by atoms with E-state index in [0.29, 0.717) is 6.54 Å². The van der Waals surface area contributed by atoms with Crippen molar-refractivity contribution in [3.8, 4) is 5.75 Å². The van der Waals surface area contributed by atoms with Gasteiger partial charge in [0.25, 0.3) is 5.91 Å². The van der Waals surface area contributed by atoms with Crippen LogP contribution in [0.4, 0.5) is 5.69 Å². The lowest BCUT2D eigenvalue weighted by Gasteiger charge is -2.15. The molecular formula is C10H12ClN3O4. The number of nitrogens with zero attached hydrogens (tertiary/aromatic N) is 2. The van der Waals surface area contributed by atoms with E-state index in [2.05, 4.69) is 5.43 Å². The van der Waals surface area contributed by atoms with E-state index in [-0.39, 0.29) is 23.9 Å². The molecule has 0 radical (unpaired) electrons. The Balaban J connectivity index is 0.00000162. The minimum atomic E-state index is -0.697. The molecule has 1 aromatic carbocycles. The summed E-state index contributed by atoms with van der Waals surface area (Å²) in [7, 11) is 0. The van der Waals surface area contributed by atoms with Gasteiger partial charge in [0.1, 0.15) is 0 Å². The molecule has 1 heterocycles. The highest BCUT2D eigenvalue weighted by atomic mass is 35.5. The van der Waals surface area contributed by atoms with Gasteiger partial charge in [0.2, 0.25) is 0 Å². The van der Waals surface area contributed by atoms with Crippen LogP contribution in [0.1, 0.15) is 16.8 Å². The molecule has 0 aromatic heterocycles. The monoisotopic (exact) mass is 273 g/mol. The first-order valence-electron chi connectivity index (χ1n) is 5.12. The van der Waals surface area contributed by atoms with Crippen molar-refractivity contribution in [1.29, 1.82) is 0 Å². The Morgan fingerprint density at radius 1 is 1.50 bits per heavy atom. The van der Waals surface area contributed by atoms with E-state index in [1.54, 1.807) is 0 Å². The number of carbonyl (C=O) groups is 1. The van der Waals surface area contributed by atoms with Gasteiger partial charge < -0.3 is 5.11 Å². The molecule has 18 heavy (non-hydrogen) atoms. The van der Waals surface area contributed by atoms with E-state index in [4.69, 9.17) is 0 Å². The molecule has 2 N–H and O–H groups in total. The summed E-state index contributed by atoms with van der Waals surface area (Å²) in [4.78, 5) is 21.7. The van der Waals surface area contributed by atoms with Gasteiger partial charge in [-0.05, 0) is 18.6 Å². The Kier molecular flexibility index (Phi) is 4.46. The van der Waals surface area contributed by atoms with Crippen LogP contribution in [0.5, 0.6) is 5.75 Å². The molecule has 0 saturated carbocycles. The van der Waals surface area contributed by atoms with Gasteiger partial charge in [0.15, 0.2) is 5.75 Å². The van der Waals surface area contributed by atoms with Gasteiger partial charge in [-0.25, -0.2) is 5.43 Å². The summed E-state index contributed by atoms with van der Waals surface area (Å²) >= 11 is 0. The third kappa shape index (κ3) is 2.69. The van der Waals surface area contributed by atoms with Gasteiger partial charge in [0, 0.05) is 24.7 Å². The highest BCUT2D eigenvalue weighted by molar-refractivity contribution is 5.94. The first-order valence-corrected chi connectivity index (χ1v) is 5.12. The quantitative estimate of drug-likeness (QED) is 0.621. The maximum Gasteiger partial charge on any atom is 0.310 e. The van der Waals surface area contributed by atoms with Crippen molar-refractivity contribution in [3.63, 3.8) is 0 Å². The lowest BCUT2D eigenvalue weighted by Crippen LogP contribution is -2.36. The Morgan fingerprint density at radius 3 is 2.72 bits per heavy atom. The lowest BCUT2D eigenvalue weighted by molar-refractivity contribution is -0.385. The number of benzene rings is 1. The number of rotatable bonds is 2. The SMILES string of the molecule is Cl.O=C(c1ccc([N+](=O)[O-])c(O)c1)N1CCCN1. The third-order valence-electron chi connectivity index (χ3n) is 2.53. The average Bonchev–Trinajstić information content (AvgIpc) is 2.80. The normalized spacial score (nSPS) is 14.1. The number of hydrogen-bond donors (Lipinski definition) is 2. The Bertz CT molecular complexity index is 474. The van der Waals surface area contributed by atoms with E-state index in [9.17, 15) is 20.0 Å². The topological polar surface area (TPSA) is 95.7 Å². The van der Waals surface area contributed by atoms with Crippen molar-refractivity contribution in [2.45, 2.75) is 6.42 Å². The van der Waals surface area contributed by atoms with Crippen LogP contribution in [0.15, 0.2) is 18.2 Å². The second kappa shape index (κ2) is 5.65. The molecule has 1 saturated heterocycles. The molecule has 1 amide bonds. The third-order valence-corrected chi connectivity index (χ3v) is 2.53. The largest absolute Gasteiger partial charge is 0.502 e. The second-order valence-electron chi connectivity index (χ2n) is 3.68. The molecule has 1 fully saturated rings. The molecule has 0 atom stereocenters. The standard InChI is InChI=1S/C10H11N3O4.ClH/c14-9-6-7(2-3-8(9)13(16)17)10(15)12-5-1-4-11-12;/h2-3,6,11,14H,1,4-5H2;1H. The molecule has 1 aliphatic rings. The van der Waals surface area contributed by atoms with Crippen LogP contribution in [0.3, 0.4) is 0 Å². The molecular weight excluding hydrogens is 262 g/mol. The van der Waals surface area contributed by atoms with Crippen LogP contribution in [0.25, 0.3) is 0 Å². The second-order valence-corrected chi connectivity index (χ2v) is 3.68. The highest BCUT2D eigenvalue weighted by Gasteiger charge is 2.22. The fourth-order valence-electron chi connectivity index (χ4n) is 1.67. The number of nitro benzene ring substituents is 1. The predicted molar refractivity (Wildman–Crippen MR) is 65.7 cm³/mol. The summed E-state index contributed by atoms with van der Waals surface area (Å²) in [5.41, 5.74) is 2.70. The summed E-state index contributed by atoms with van der Waals surface area (Å²) in [6.45, 7) is 1.32. The van der Waals surface area contributed by atoms with Gasteiger partial charge in [-0.2, -0.15) is 0 Å². The summed E-state index contributed by atoms with van der Waals surface area (Å²) in [6.07, 6.45) is 0.866. The number of phenolic OH excluding ortho intramolecular Hbond substituents is 1. The minimum absolute atomic E-state index is 0. The molecule has 0 unspecified atom stereocenters. The molecule has 98 valence electrons. The number of halogens is 1. The maximum absolute atomic E-state index is 11.9. The van der Waals surface area contributed by atoms with Crippen molar-refractivity contribution in [1.82, 2.24) is 10.4 Å². The fourth-order valence-corrected chi connectivity index (χ4v) is 1.67. The highest BCUT2D eigenvalue weighted by Crippen LogP contribution is 2.26. The number of nitrogens with one attached hydrogen (secondary N) is 1. The maximum atomic E-state index is 11.9. The Labute approximate surface area is 109 Å². The summed E-state index contributed by atoms with van der Waals surface area (Å²) in [5.74, 6) is -0.798. The molecule has 0 spiro atoms. The predicted octanol–water partition coefficient (Wildman–Crippen LogP) is 1.07. The number of aromatic hydroxyl groups is 1. The van der Waals surface area contributed by atoms with Crippen LogP contribution in [-0.2, 0) is 0 Å². The molecule has 1 aliphatic heterocycles. The number of hydrazine groups is 1. The Morgan fingerprint density at radius 2 is 2.22 bits per heavy atom. The smallest absolute Gasteiger partial charge is 0.310 e. The summed E-state index contributed by atoms with van der Waals surface area (Å²) in [6, 6.07) is 3.57. The van der Waals surface area contributed by atoms with Crippen LogP contribution in [-0.4, -0.2) is 34.0 Å². The van der Waals surface area contributed by atoms with Crippen LogP contribution in [0.2, 0.25) is 0 Å². The zero-order valence-electron chi connectivity index (χ0n) is 9.33. The average molecular weight is 274 g/mol. The number of phenols is 1. The van der Waals surface area contributed by atoms with E-state index in [1.165, 1.54) is 11.1 Å². The van der Waals surface area contributed by atoms with Crippen molar-refractivity contribution in [2.24, 2.45) is 0 Å². The van der Waals surface area contributed by atoms with E-state index >= 15 is 0 Å². The Hall–Kier alpha value is -1.86. The van der Waals surface area contributed by atoms with Gasteiger partial charge in [-0.3, -0.25) is 19.9 Å². The van der Waals surface area contributed by atoms with Crippen molar-refractivity contribution in [3.05, 3.63) is 33.9 Å². The van der Waals surface area contributed by atoms with Crippen molar-refractivity contribution in [2.75, 3.05) is 13.1 Å². The number of nitro groups is 1. The van der Waals surface area contributed by atoms with Crippen molar-refractivity contribution >= 4 is 24.0 Å². The van der Waals surface area contributed by atoms with Crippen LogP contribution >= 0.6 is 12.4 Å². The summed E-state index contributed by atoms with van der Waals surface area (Å²) < 4.78 is 0. The zero-order chi connectivity index (χ0) is 12.4. The number of hydrogen-bond acceptors (Lipinski definition) is 5. The van der Waals surface area contributed by atoms with Crippen molar-refractivity contribution < 1.29 is 14.8 Å². The van der Waals surface area contributed by atoms with E-state index in [1.807, 2.05) is 0 Å². The number of carbonyl (C=O) groups excluding carboxylic acids is 1. The summed E-state index contributed by atoms with van der Waals surface area (Å²) in [5, 5.41) is 21.3. The van der Waals surface area contributed by atoms with Crippen LogP contribution in [0, 0.1) is 10.1 Å². The number of amides is 1. The van der Waals surface area contributed by atoms with E-state index < -0.39 is 16.4 Å². The first-order chi connectivity index (χ1) is 8.09. The van der Waals surface area contributed by atoms with E-state index in [0.717, 1.165) is 25.1 Å². The van der Waals surface area contributed by atoms with Gasteiger partial charge in [-0.15, -0.1) is 12.4 Å². The van der Waals surface area contributed by atoms with Gasteiger partial charge >= 0.3 is 5.69 Å². The molecule has 0 aliphatic carbocycles. The first kappa shape index (κ1) is 14.2. The van der Waals surface area contributed by atoms with Crippen LogP contribution < -0.4 is 5.43 Å². The zero-order valence-corrected chi connectivity index (χ0v) is 10.1. The lowest BCUT2D eigenvalue weighted by atomic mass is 10.1. The molecule has 1 aromatic rings.